The Morgan fingerprint density at radius 2 is 1.90 bits per heavy atom. The van der Waals surface area contributed by atoms with E-state index in [9.17, 15) is 13.9 Å². The molecule has 0 fully saturated rings. The zero-order valence-electron chi connectivity index (χ0n) is 12.2. The lowest BCUT2D eigenvalue weighted by Crippen LogP contribution is -2.41. The van der Waals surface area contributed by atoms with Crippen LogP contribution in [0.1, 0.15) is 33.3 Å². The van der Waals surface area contributed by atoms with Gasteiger partial charge in [-0.05, 0) is 40.4 Å². The van der Waals surface area contributed by atoms with Crippen molar-refractivity contribution in [2.45, 2.75) is 46.3 Å². The minimum Gasteiger partial charge on any atom is -0.390 e. The van der Waals surface area contributed by atoms with Crippen LogP contribution in [0.25, 0.3) is 0 Å². The summed E-state index contributed by atoms with van der Waals surface area (Å²) in [7, 11) is 0. The predicted octanol–water partition coefficient (Wildman–Crippen LogP) is 4.08. The molecule has 0 heterocycles. The van der Waals surface area contributed by atoms with Gasteiger partial charge >= 0.3 is 0 Å². The van der Waals surface area contributed by atoms with E-state index in [0.717, 1.165) is 0 Å². The molecule has 1 aromatic carbocycles. The van der Waals surface area contributed by atoms with Crippen molar-refractivity contribution in [2.75, 3.05) is 6.61 Å². The first kappa shape index (κ1) is 17.5. The summed E-state index contributed by atoms with van der Waals surface area (Å²) in [6.07, 6.45) is -1.60. The largest absolute Gasteiger partial charge is 0.390 e. The van der Waals surface area contributed by atoms with E-state index in [0.29, 0.717) is 6.61 Å². The van der Waals surface area contributed by atoms with Crippen LogP contribution in [0.4, 0.5) is 8.78 Å². The maximum atomic E-state index is 13.9. The van der Waals surface area contributed by atoms with Gasteiger partial charge in [0.25, 0.3) is 0 Å². The Labute approximate surface area is 127 Å². The molecule has 2 atom stereocenters. The minimum absolute atomic E-state index is 0.124. The standard InChI is InChI=1S/C15H21BrF2O2/c1-5-20-14(15(2,3)4)12(19)8-9-11(17)7-6-10(16)13(9)18/h6-7,12,14,19H,5,8H2,1-4H3. The van der Waals surface area contributed by atoms with E-state index in [-0.39, 0.29) is 21.9 Å². The van der Waals surface area contributed by atoms with Crippen molar-refractivity contribution in [3.05, 3.63) is 33.8 Å². The van der Waals surface area contributed by atoms with Gasteiger partial charge in [-0.3, -0.25) is 0 Å². The van der Waals surface area contributed by atoms with Crippen LogP contribution in [0.2, 0.25) is 0 Å². The fourth-order valence-electron chi connectivity index (χ4n) is 2.19. The van der Waals surface area contributed by atoms with Crippen molar-refractivity contribution in [3.63, 3.8) is 0 Å². The van der Waals surface area contributed by atoms with Gasteiger partial charge in [-0.25, -0.2) is 8.78 Å². The molecule has 0 aliphatic carbocycles. The second-order valence-corrected chi connectivity index (χ2v) is 6.69. The molecule has 0 aromatic heterocycles. The van der Waals surface area contributed by atoms with E-state index in [1.807, 2.05) is 27.7 Å². The molecule has 114 valence electrons. The molecule has 0 aliphatic heterocycles. The lowest BCUT2D eigenvalue weighted by molar-refractivity contribution is -0.0877. The summed E-state index contributed by atoms with van der Waals surface area (Å²) in [5.74, 6) is -1.33. The van der Waals surface area contributed by atoms with Crippen LogP contribution in [0.3, 0.4) is 0 Å². The van der Waals surface area contributed by atoms with Crippen molar-refractivity contribution in [1.29, 1.82) is 0 Å². The highest BCUT2D eigenvalue weighted by Crippen LogP contribution is 2.29. The second-order valence-electron chi connectivity index (χ2n) is 5.84. The summed E-state index contributed by atoms with van der Waals surface area (Å²) in [6, 6.07) is 2.49. The smallest absolute Gasteiger partial charge is 0.143 e. The highest BCUT2D eigenvalue weighted by molar-refractivity contribution is 9.10. The van der Waals surface area contributed by atoms with Crippen LogP contribution in [-0.2, 0) is 11.2 Å². The van der Waals surface area contributed by atoms with E-state index in [1.54, 1.807) is 0 Å². The van der Waals surface area contributed by atoms with E-state index in [1.165, 1.54) is 12.1 Å². The van der Waals surface area contributed by atoms with Crippen LogP contribution < -0.4 is 0 Å². The van der Waals surface area contributed by atoms with Gasteiger partial charge in [-0.15, -0.1) is 0 Å². The van der Waals surface area contributed by atoms with Crippen molar-refractivity contribution in [2.24, 2.45) is 5.41 Å². The molecule has 0 radical (unpaired) electrons. The molecule has 1 N–H and O–H groups in total. The summed E-state index contributed by atoms with van der Waals surface area (Å²) < 4.78 is 33.4. The van der Waals surface area contributed by atoms with Gasteiger partial charge in [0.05, 0.1) is 16.7 Å². The third kappa shape index (κ3) is 4.24. The topological polar surface area (TPSA) is 29.5 Å². The van der Waals surface area contributed by atoms with Gasteiger partial charge in [-0.1, -0.05) is 20.8 Å². The molecule has 0 aliphatic rings. The number of hydrogen-bond acceptors (Lipinski definition) is 2. The maximum absolute atomic E-state index is 13.9. The molecule has 2 unspecified atom stereocenters. The Kier molecular flexibility index (Phi) is 6.10. The van der Waals surface area contributed by atoms with Gasteiger partial charge < -0.3 is 9.84 Å². The second kappa shape index (κ2) is 6.96. The predicted molar refractivity (Wildman–Crippen MR) is 78.6 cm³/mol. The maximum Gasteiger partial charge on any atom is 0.143 e. The number of aliphatic hydroxyl groups excluding tert-OH is 1. The molecule has 1 rings (SSSR count). The Balaban J connectivity index is 2.99. The molecule has 1 aromatic rings. The number of ether oxygens (including phenoxy) is 1. The first-order valence-corrected chi connectivity index (χ1v) is 7.39. The van der Waals surface area contributed by atoms with Gasteiger partial charge in [-0.2, -0.15) is 0 Å². The normalized spacial score (nSPS) is 15.2. The summed E-state index contributed by atoms with van der Waals surface area (Å²) in [5, 5.41) is 10.3. The van der Waals surface area contributed by atoms with Gasteiger partial charge in [0.15, 0.2) is 0 Å². The van der Waals surface area contributed by atoms with E-state index in [2.05, 4.69) is 15.9 Å². The molecule has 0 amide bonds. The Hall–Kier alpha value is -0.520. The average molecular weight is 351 g/mol. The zero-order valence-corrected chi connectivity index (χ0v) is 13.8. The molecular weight excluding hydrogens is 330 g/mol. The molecular formula is C15H21BrF2O2. The van der Waals surface area contributed by atoms with E-state index < -0.39 is 23.8 Å². The van der Waals surface area contributed by atoms with Gasteiger partial charge in [0.1, 0.15) is 11.6 Å². The van der Waals surface area contributed by atoms with Gasteiger partial charge in [0, 0.05) is 18.6 Å². The highest BCUT2D eigenvalue weighted by atomic mass is 79.9. The summed E-state index contributed by atoms with van der Waals surface area (Å²) >= 11 is 3.02. The Morgan fingerprint density at radius 1 is 1.30 bits per heavy atom. The van der Waals surface area contributed by atoms with Crippen LogP contribution >= 0.6 is 15.9 Å². The fraction of sp³-hybridized carbons (Fsp3) is 0.600. The quantitative estimate of drug-likeness (QED) is 0.810. The van der Waals surface area contributed by atoms with Gasteiger partial charge in [0.2, 0.25) is 0 Å². The lowest BCUT2D eigenvalue weighted by Gasteiger charge is -2.34. The van der Waals surface area contributed by atoms with E-state index >= 15 is 0 Å². The summed E-state index contributed by atoms with van der Waals surface area (Å²) in [6.45, 7) is 8.02. The fourth-order valence-corrected chi connectivity index (χ4v) is 2.56. The molecule has 5 heteroatoms. The molecule has 0 spiro atoms. The van der Waals surface area contributed by atoms with Crippen LogP contribution in [0, 0.1) is 17.0 Å². The Morgan fingerprint density at radius 3 is 2.40 bits per heavy atom. The third-order valence-corrected chi connectivity index (χ3v) is 3.71. The van der Waals surface area contributed by atoms with E-state index in [4.69, 9.17) is 4.74 Å². The average Bonchev–Trinajstić information content (AvgIpc) is 2.34. The van der Waals surface area contributed by atoms with Crippen molar-refractivity contribution in [1.82, 2.24) is 0 Å². The number of aliphatic hydroxyl groups is 1. The monoisotopic (exact) mass is 350 g/mol. The van der Waals surface area contributed by atoms with Crippen molar-refractivity contribution >= 4 is 15.9 Å². The molecule has 2 nitrogen and oxygen atoms in total. The zero-order chi connectivity index (χ0) is 15.5. The molecule has 0 bridgehead atoms. The van der Waals surface area contributed by atoms with Crippen LogP contribution in [0.15, 0.2) is 16.6 Å². The molecule has 0 saturated carbocycles. The molecule has 0 saturated heterocycles. The number of hydrogen-bond donors (Lipinski definition) is 1. The van der Waals surface area contributed by atoms with Crippen LogP contribution in [0.5, 0.6) is 0 Å². The van der Waals surface area contributed by atoms with Crippen LogP contribution in [-0.4, -0.2) is 23.9 Å². The summed E-state index contributed by atoms with van der Waals surface area (Å²) in [5.41, 5.74) is -0.449. The first-order valence-electron chi connectivity index (χ1n) is 6.60. The Bertz CT molecular complexity index is 458. The van der Waals surface area contributed by atoms with Crippen molar-refractivity contribution < 1.29 is 18.6 Å². The number of halogens is 3. The third-order valence-electron chi connectivity index (χ3n) is 3.10. The summed E-state index contributed by atoms with van der Waals surface area (Å²) in [4.78, 5) is 0. The number of rotatable bonds is 5. The van der Waals surface area contributed by atoms with Crippen molar-refractivity contribution in [3.8, 4) is 0 Å². The number of benzene rings is 1. The highest BCUT2D eigenvalue weighted by Gasteiger charge is 2.33. The first-order chi connectivity index (χ1) is 9.18. The molecule has 20 heavy (non-hydrogen) atoms. The SMILES string of the molecule is CCOC(C(O)Cc1c(F)ccc(Br)c1F)C(C)(C)C. The lowest BCUT2D eigenvalue weighted by atomic mass is 9.83. The minimum atomic E-state index is -0.978.